The molecule has 2 aromatic rings. The first-order valence-electron chi connectivity index (χ1n) is 9.13. The molecule has 0 aliphatic heterocycles. The Hall–Kier alpha value is -2.60. The lowest BCUT2D eigenvalue weighted by atomic mass is 9.96. The van der Waals surface area contributed by atoms with Crippen molar-refractivity contribution < 1.29 is 23.9 Å². The van der Waals surface area contributed by atoms with Crippen molar-refractivity contribution in [3.8, 4) is 0 Å². The number of benzene rings is 1. The van der Waals surface area contributed by atoms with Crippen molar-refractivity contribution in [3.63, 3.8) is 0 Å². The van der Waals surface area contributed by atoms with E-state index in [4.69, 9.17) is 21.1 Å². The minimum Gasteiger partial charge on any atom is -0.462 e. The van der Waals surface area contributed by atoms with Crippen molar-refractivity contribution in [1.29, 1.82) is 0 Å². The van der Waals surface area contributed by atoms with Crippen LogP contribution in [0.1, 0.15) is 57.4 Å². The molecule has 1 aliphatic rings. The molecular weight excluding hydrogens is 382 g/mol. The lowest BCUT2D eigenvalue weighted by molar-refractivity contribution is -0.145. The van der Waals surface area contributed by atoms with Crippen LogP contribution in [-0.2, 0) is 19.7 Å². The maximum atomic E-state index is 12.7. The van der Waals surface area contributed by atoms with E-state index in [2.05, 4.69) is 4.98 Å². The Morgan fingerprint density at radius 2 is 1.64 bits per heavy atom. The standard InChI is InChI=1S/C21H22ClNO5/c1-4-27-19(25)18-13(3)23-12(2)17(18)16(24)11-28-20(26)21(9-10-21)14-5-7-15(22)8-6-14/h5-8,23H,4,9-11H2,1-3H3. The maximum absolute atomic E-state index is 12.7. The minimum absolute atomic E-state index is 0.194. The SMILES string of the molecule is CCOC(=O)c1c(C)[nH]c(C)c1C(=O)COC(=O)C1(c2ccc(Cl)cc2)CC1. The average Bonchev–Trinajstić information content (AvgIpc) is 3.40. The van der Waals surface area contributed by atoms with Gasteiger partial charge in [-0.3, -0.25) is 9.59 Å². The molecule has 28 heavy (non-hydrogen) atoms. The maximum Gasteiger partial charge on any atom is 0.340 e. The van der Waals surface area contributed by atoms with Gasteiger partial charge in [0, 0.05) is 16.4 Å². The molecule has 1 aromatic heterocycles. The predicted molar refractivity (Wildman–Crippen MR) is 104 cm³/mol. The summed E-state index contributed by atoms with van der Waals surface area (Å²) in [5, 5.41) is 0.591. The monoisotopic (exact) mass is 403 g/mol. The van der Waals surface area contributed by atoms with E-state index in [0.29, 0.717) is 29.3 Å². The Morgan fingerprint density at radius 1 is 1.04 bits per heavy atom. The van der Waals surface area contributed by atoms with Crippen molar-refractivity contribution in [3.05, 3.63) is 57.4 Å². The van der Waals surface area contributed by atoms with Crippen molar-refractivity contribution in [2.24, 2.45) is 0 Å². The molecule has 0 saturated heterocycles. The fraction of sp³-hybridized carbons (Fsp3) is 0.381. The van der Waals surface area contributed by atoms with Crippen LogP contribution in [0, 0.1) is 13.8 Å². The number of aryl methyl sites for hydroxylation is 2. The van der Waals surface area contributed by atoms with Gasteiger partial charge < -0.3 is 14.5 Å². The molecular formula is C21H22ClNO5. The number of hydrogen-bond donors (Lipinski definition) is 1. The van der Waals surface area contributed by atoms with Gasteiger partial charge in [0.15, 0.2) is 6.61 Å². The van der Waals surface area contributed by atoms with Gasteiger partial charge in [0.1, 0.15) is 0 Å². The second-order valence-corrected chi connectivity index (χ2v) is 7.37. The summed E-state index contributed by atoms with van der Waals surface area (Å²) < 4.78 is 10.4. The third kappa shape index (κ3) is 3.69. The summed E-state index contributed by atoms with van der Waals surface area (Å²) in [4.78, 5) is 40.6. The molecule has 1 aliphatic carbocycles. The van der Waals surface area contributed by atoms with Crippen LogP contribution >= 0.6 is 11.6 Å². The van der Waals surface area contributed by atoms with Crippen LogP contribution in [0.4, 0.5) is 0 Å². The Morgan fingerprint density at radius 3 is 2.21 bits per heavy atom. The molecule has 1 fully saturated rings. The number of H-pyrrole nitrogens is 1. The van der Waals surface area contributed by atoms with E-state index >= 15 is 0 Å². The molecule has 1 saturated carbocycles. The number of hydrogen-bond acceptors (Lipinski definition) is 5. The van der Waals surface area contributed by atoms with Crippen molar-refractivity contribution >= 4 is 29.3 Å². The average molecular weight is 404 g/mol. The van der Waals surface area contributed by atoms with Crippen LogP contribution in [0.3, 0.4) is 0 Å². The highest BCUT2D eigenvalue weighted by Crippen LogP contribution is 2.49. The summed E-state index contributed by atoms with van der Waals surface area (Å²) in [6, 6.07) is 7.06. The van der Waals surface area contributed by atoms with E-state index in [9.17, 15) is 14.4 Å². The highest BCUT2D eigenvalue weighted by Gasteiger charge is 2.53. The van der Waals surface area contributed by atoms with Gasteiger partial charge in [-0.2, -0.15) is 0 Å². The number of aromatic nitrogens is 1. The minimum atomic E-state index is -0.710. The number of ether oxygens (including phenoxy) is 2. The lowest BCUT2D eigenvalue weighted by Crippen LogP contribution is -2.26. The largest absolute Gasteiger partial charge is 0.462 e. The summed E-state index contributed by atoms with van der Waals surface area (Å²) in [6.45, 7) is 4.86. The summed E-state index contributed by atoms with van der Waals surface area (Å²) >= 11 is 5.91. The normalized spacial score (nSPS) is 14.4. The third-order valence-electron chi connectivity index (χ3n) is 5.01. The van der Waals surface area contributed by atoms with Crippen molar-refractivity contribution in [1.82, 2.24) is 4.98 Å². The zero-order chi connectivity index (χ0) is 20.5. The van der Waals surface area contributed by atoms with Gasteiger partial charge in [-0.05, 0) is 51.3 Å². The van der Waals surface area contributed by atoms with Gasteiger partial charge in [0.05, 0.1) is 23.1 Å². The van der Waals surface area contributed by atoms with Gasteiger partial charge >= 0.3 is 11.9 Å². The first kappa shape index (κ1) is 20.1. The zero-order valence-corrected chi connectivity index (χ0v) is 16.8. The molecule has 148 valence electrons. The number of rotatable bonds is 7. The van der Waals surface area contributed by atoms with Gasteiger partial charge in [0.25, 0.3) is 0 Å². The highest BCUT2D eigenvalue weighted by molar-refractivity contribution is 6.30. The zero-order valence-electron chi connectivity index (χ0n) is 16.1. The topological polar surface area (TPSA) is 85.5 Å². The summed E-state index contributed by atoms with van der Waals surface area (Å²) in [7, 11) is 0. The number of aromatic amines is 1. The Labute approximate surface area is 168 Å². The highest BCUT2D eigenvalue weighted by atomic mass is 35.5. The molecule has 7 heteroatoms. The third-order valence-corrected chi connectivity index (χ3v) is 5.26. The molecule has 1 aromatic carbocycles. The number of carbonyl (C=O) groups excluding carboxylic acids is 3. The van der Waals surface area contributed by atoms with E-state index in [1.54, 1.807) is 45.0 Å². The Balaban J connectivity index is 1.74. The van der Waals surface area contributed by atoms with Gasteiger partial charge in [0.2, 0.25) is 5.78 Å². The fourth-order valence-corrected chi connectivity index (χ4v) is 3.56. The molecule has 0 atom stereocenters. The molecule has 1 heterocycles. The summed E-state index contributed by atoms with van der Waals surface area (Å²) in [5.41, 5.74) is 1.61. The Kier molecular flexibility index (Phi) is 5.61. The number of halogens is 1. The van der Waals surface area contributed by atoms with Crippen LogP contribution in [0.15, 0.2) is 24.3 Å². The first-order valence-corrected chi connectivity index (χ1v) is 9.50. The number of carbonyl (C=O) groups is 3. The van der Waals surface area contributed by atoms with Crippen LogP contribution in [-0.4, -0.2) is 35.9 Å². The summed E-state index contributed by atoms with van der Waals surface area (Å²) in [5.74, 6) is -1.45. The molecule has 3 rings (SSSR count). The van der Waals surface area contributed by atoms with Crippen LogP contribution in [0.5, 0.6) is 0 Å². The van der Waals surface area contributed by atoms with Crippen molar-refractivity contribution in [2.75, 3.05) is 13.2 Å². The lowest BCUT2D eigenvalue weighted by Gasteiger charge is -2.15. The molecule has 0 amide bonds. The molecule has 1 N–H and O–H groups in total. The van der Waals surface area contributed by atoms with Crippen LogP contribution < -0.4 is 0 Å². The number of ketones is 1. The van der Waals surface area contributed by atoms with E-state index in [-0.39, 0.29) is 17.7 Å². The first-order chi connectivity index (χ1) is 13.3. The van der Waals surface area contributed by atoms with E-state index < -0.39 is 29.7 Å². The van der Waals surface area contributed by atoms with Crippen LogP contribution in [0.2, 0.25) is 5.02 Å². The van der Waals surface area contributed by atoms with Gasteiger partial charge in [-0.15, -0.1) is 0 Å². The van der Waals surface area contributed by atoms with E-state index in [1.165, 1.54) is 0 Å². The van der Waals surface area contributed by atoms with Crippen molar-refractivity contribution in [2.45, 2.75) is 39.0 Å². The quantitative estimate of drug-likeness (QED) is 0.559. The number of nitrogens with one attached hydrogen (secondary N) is 1. The molecule has 0 unspecified atom stereocenters. The molecule has 6 nitrogen and oxygen atoms in total. The second-order valence-electron chi connectivity index (χ2n) is 6.93. The van der Waals surface area contributed by atoms with E-state index in [0.717, 1.165) is 5.56 Å². The number of esters is 2. The smallest absolute Gasteiger partial charge is 0.340 e. The van der Waals surface area contributed by atoms with E-state index in [1.807, 2.05) is 0 Å². The molecule has 0 spiro atoms. The second kappa shape index (κ2) is 7.80. The van der Waals surface area contributed by atoms with Gasteiger partial charge in [-0.1, -0.05) is 23.7 Å². The molecule has 0 radical (unpaired) electrons. The Bertz CT molecular complexity index is 925. The number of Topliss-reactive ketones (excluding diaryl/α,β-unsaturated/α-hetero) is 1. The predicted octanol–water partition coefficient (Wildman–Crippen LogP) is 3.92. The fourth-order valence-electron chi connectivity index (χ4n) is 3.43. The van der Waals surface area contributed by atoms with Gasteiger partial charge in [-0.25, -0.2) is 4.79 Å². The molecule has 0 bridgehead atoms. The summed E-state index contributed by atoms with van der Waals surface area (Å²) in [6.07, 6.45) is 1.33. The van der Waals surface area contributed by atoms with Crippen LogP contribution in [0.25, 0.3) is 0 Å².